The van der Waals surface area contributed by atoms with Crippen molar-refractivity contribution in [3.63, 3.8) is 0 Å². The van der Waals surface area contributed by atoms with Crippen molar-refractivity contribution < 1.29 is 4.74 Å². The Labute approximate surface area is 99.7 Å². The number of fused-ring (bicyclic) bond motifs is 1. The van der Waals surface area contributed by atoms with Crippen LogP contribution in [0.3, 0.4) is 0 Å². The molecule has 2 fully saturated rings. The SMILES string of the molecule is CCOC(C)CN1CC2CCCN2CC1C. The zero-order chi connectivity index (χ0) is 11.5. The second-order valence-corrected chi connectivity index (χ2v) is 5.36. The average molecular weight is 226 g/mol. The highest BCUT2D eigenvalue weighted by Crippen LogP contribution is 2.24. The summed E-state index contributed by atoms with van der Waals surface area (Å²) >= 11 is 0. The largest absolute Gasteiger partial charge is 0.377 e. The molecule has 3 atom stereocenters. The Bertz CT molecular complexity index is 222. The Morgan fingerprint density at radius 1 is 1.38 bits per heavy atom. The lowest BCUT2D eigenvalue weighted by atomic mass is 10.1. The highest BCUT2D eigenvalue weighted by Gasteiger charge is 2.34. The van der Waals surface area contributed by atoms with Crippen molar-refractivity contribution in [2.45, 2.75) is 51.8 Å². The van der Waals surface area contributed by atoms with Gasteiger partial charge in [0.05, 0.1) is 6.10 Å². The van der Waals surface area contributed by atoms with Crippen molar-refractivity contribution >= 4 is 0 Å². The molecule has 3 heteroatoms. The van der Waals surface area contributed by atoms with E-state index in [0.717, 1.165) is 19.2 Å². The molecule has 0 aliphatic carbocycles. The van der Waals surface area contributed by atoms with E-state index >= 15 is 0 Å². The van der Waals surface area contributed by atoms with Gasteiger partial charge in [0.15, 0.2) is 0 Å². The van der Waals surface area contributed by atoms with Crippen LogP contribution in [0.2, 0.25) is 0 Å². The molecule has 0 saturated carbocycles. The predicted octanol–water partition coefficient (Wildman–Crippen LogP) is 1.58. The van der Waals surface area contributed by atoms with Crippen molar-refractivity contribution in [3.8, 4) is 0 Å². The summed E-state index contributed by atoms with van der Waals surface area (Å²) in [5, 5.41) is 0. The topological polar surface area (TPSA) is 15.7 Å². The van der Waals surface area contributed by atoms with Gasteiger partial charge in [-0.1, -0.05) is 0 Å². The van der Waals surface area contributed by atoms with Crippen LogP contribution in [0.4, 0.5) is 0 Å². The number of nitrogens with zero attached hydrogens (tertiary/aromatic N) is 2. The van der Waals surface area contributed by atoms with E-state index in [1.54, 1.807) is 0 Å². The highest BCUT2D eigenvalue weighted by atomic mass is 16.5. The minimum atomic E-state index is 0.375. The average Bonchev–Trinajstić information content (AvgIpc) is 2.65. The quantitative estimate of drug-likeness (QED) is 0.724. The molecular weight excluding hydrogens is 200 g/mol. The van der Waals surface area contributed by atoms with E-state index in [2.05, 4.69) is 30.6 Å². The van der Waals surface area contributed by atoms with Crippen LogP contribution in [0.5, 0.6) is 0 Å². The lowest BCUT2D eigenvalue weighted by Crippen LogP contribution is -2.56. The van der Waals surface area contributed by atoms with Gasteiger partial charge < -0.3 is 4.74 Å². The molecule has 2 heterocycles. The number of hydrogen-bond donors (Lipinski definition) is 0. The molecule has 2 aliphatic heterocycles. The zero-order valence-corrected chi connectivity index (χ0v) is 11.0. The molecule has 94 valence electrons. The molecule has 0 aromatic carbocycles. The van der Waals surface area contributed by atoms with Crippen LogP contribution in [0, 0.1) is 0 Å². The van der Waals surface area contributed by atoms with Crippen LogP contribution in [0.15, 0.2) is 0 Å². The zero-order valence-electron chi connectivity index (χ0n) is 11.0. The highest BCUT2D eigenvalue weighted by molar-refractivity contribution is 4.90. The summed E-state index contributed by atoms with van der Waals surface area (Å²) in [4.78, 5) is 5.29. The van der Waals surface area contributed by atoms with Crippen LogP contribution in [0.1, 0.15) is 33.6 Å². The molecule has 0 spiro atoms. The number of rotatable bonds is 4. The molecular formula is C13H26N2O. The summed E-state index contributed by atoms with van der Waals surface area (Å²) in [5.74, 6) is 0. The van der Waals surface area contributed by atoms with Crippen molar-refractivity contribution in [3.05, 3.63) is 0 Å². The van der Waals surface area contributed by atoms with E-state index < -0.39 is 0 Å². The number of piperazine rings is 1. The molecule has 0 radical (unpaired) electrons. The first-order valence-electron chi connectivity index (χ1n) is 6.80. The van der Waals surface area contributed by atoms with E-state index in [4.69, 9.17) is 4.74 Å². The normalized spacial score (nSPS) is 33.9. The Balaban J connectivity index is 1.84. The van der Waals surface area contributed by atoms with Crippen molar-refractivity contribution in [2.24, 2.45) is 0 Å². The van der Waals surface area contributed by atoms with Gasteiger partial charge in [-0.05, 0) is 40.2 Å². The van der Waals surface area contributed by atoms with Crippen LogP contribution in [0.25, 0.3) is 0 Å². The van der Waals surface area contributed by atoms with Crippen LogP contribution in [-0.4, -0.2) is 60.8 Å². The molecule has 3 nitrogen and oxygen atoms in total. The molecule has 0 aromatic heterocycles. The van der Waals surface area contributed by atoms with E-state index in [1.165, 1.54) is 32.5 Å². The molecule has 16 heavy (non-hydrogen) atoms. The molecule has 0 amide bonds. The Morgan fingerprint density at radius 3 is 2.94 bits per heavy atom. The van der Waals surface area contributed by atoms with E-state index in [1.807, 2.05) is 0 Å². The standard InChI is InChI=1S/C13H26N2O/c1-4-16-12(3)9-15-10-13-6-5-7-14(13)8-11(15)2/h11-13H,4-10H2,1-3H3. The monoisotopic (exact) mass is 226 g/mol. The van der Waals surface area contributed by atoms with Gasteiger partial charge in [0, 0.05) is 38.3 Å². The van der Waals surface area contributed by atoms with Gasteiger partial charge in [-0.3, -0.25) is 9.80 Å². The van der Waals surface area contributed by atoms with E-state index in [-0.39, 0.29) is 0 Å². The molecule has 2 saturated heterocycles. The van der Waals surface area contributed by atoms with Crippen LogP contribution >= 0.6 is 0 Å². The second kappa shape index (κ2) is 5.48. The van der Waals surface area contributed by atoms with Gasteiger partial charge in [0.25, 0.3) is 0 Å². The first-order chi connectivity index (χ1) is 7.70. The van der Waals surface area contributed by atoms with Gasteiger partial charge in [0.1, 0.15) is 0 Å². The summed E-state index contributed by atoms with van der Waals surface area (Å²) in [6, 6.07) is 1.52. The summed E-state index contributed by atoms with van der Waals surface area (Å²) in [5.41, 5.74) is 0. The second-order valence-electron chi connectivity index (χ2n) is 5.36. The van der Waals surface area contributed by atoms with Gasteiger partial charge >= 0.3 is 0 Å². The van der Waals surface area contributed by atoms with Gasteiger partial charge in [-0.2, -0.15) is 0 Å². The summed E-state index contributed by atoms with van der Waals surface area (Å²) in [6.07, 6.45) is 3.17. The maximum absolute atomic E-state index is 5.65. The molecule has 2 aliphatic rings. The fourth-order valence-electron chi connectivity index (χ4n) is 3.17. The third-order valence-corrected chi connectivity index (χ3v) is 4.01. The Morgan fingerprint density at radius 2 is 2.19 bits per heavy atom. The first-order valence-corrected chi connectivity index (χ1v) is 6.80. The maximum atomic E-state index is 5.65. The summed E-state index contributed by atoms with van der Waals surface area (Å²) < 4.78 is 5.65. The van der Waals surface area contributed by atoms with Crippen molar-refractivity contribution in [1.29, 1.82) is 0 Å². The van der Waals surface area contributed by atoms with E-state index in [9.17, 15) is 0 Å². The molecule has 2 rings (SSSR count). The first kappa shape index (κ1) is 12.3. The smallest absolute Gasteiger partial charge is 0.0673 e. The van der Waals surface area contributed by atoms with Crippen molar-refractivity contribution in [1.82, 2.24) is 9.80 Å². The lowest BCUT2D eigenvalue weighted by molar-refractivity contribution is -0.000214. The maximum Gasteiger partial charge on any atom is 0.0673 e. The predicted molar refractivity (Wildman–Crippen MR) is 66.7 cm³/mol. The molecule has 0 bridgehead atoms. The molecule has 3 unspecified atom stereocenters. The minimum absolute atomic E-state index is 0.375. The molecule has 0 aromatic rings. The van der Waals surface area contributed by atoms with Gasteiger partial charge in [-0.25, -0.2) is 0 Å². The lowest BCUT2D eigenvalue weighted by Gasteiger charge is -2.43. The third kappa shape index (κ3) is 2.76. The van der Waals surface area contributed by atoms with Crippen molar-refractivity contribution in [2.75, 3.05) is 32.8 Å². The summed E-state index contributed by atoms with van der Waals surface area (Å²) in [6.45, 7) is 12.4. The van der Waals surface area contributed by atoms with Crippen LogP contribution in [-0.2, 0) is 4.74 Å². The minimum Gasteiger partial charge on any atom is -0.377 e. The van der Waals surface area contributed by atoms with Gasteiger partial charge in [-0.15, -0.1) is 0 Å². The Hall–Kier alpha value is -0.120. The van der Waals surface area contributed by atoms with Crippen LogP contribution < -0.4 is 0 Å². The molecule has 0 N–H and O–H groups in total. The fourth-order valence-corrected chi connectivity index (χ4v) is 3.17. The van der Waals surface area contributed by atoms with Gasteiger partial charge in [0.2, 0.25) is 0 Å². The number of hydrogen-bond acceptors (Lipinski definition) is 3. The Kier molecular flexibility index (Phi) is 4.22. The van der Waals surface area contributed by atoms with E-state index in [0.29, 0.717) is 12.1 Å². The fraction of sp³-hybridized carbons (Fsp3) is 1.00. The summed E-state index contributed by atoms with van der Waals surface area (Å²) in [7, 11) is 0. The third-order valence-electron chi connectivity index (χ3n) is 4.01. The number of ether oxygens (including phenoxy) is 1.